The van der Waals surface area contributed by atoms with Crippen LogP contribution in [0.15, 0.2) is 0 Å². The van der Waals surface area contributed by atoms with Crippen molar-refractivity contribution in [2.24, 2.45) is 11.3 Å². The molecule has 0 aromatic rings. The molecule has 5 heteroatoms. The van der Waals surface area contributed by atoms with Gasteiger partial charge >= 0.3 is 6.18 Å². The number of hydrogen-bond donors (Lipinski definition) is 1. The molecule has 0 aliphatic carbocycles. The first-order chi connectivity index (χ1) is 7.78. The van der Waals surface area contributed by atoms with Crippen LogP contribution in [0.2, 0.25) is 0 Å². The largest absolute Gasteiger partial charge is 0.389 e. The Morgan fingerprint density at radius 2 is 2.06 bits per heavy atom. The average Bonchev–Trinajstić information content (AvgIpc) is 2.64. The third kappa shape index (κ3) is 3.69. The van der Waals surface area contributed by atoms with Crippen LogP contribution in [-0.2, 0) is 4.79 Å². The highest BCUT2D eigenvalue weighted by atomic mass is 19.4. The van der Waals surface area contributed by atoms with E-state index in [0.29, 0.717) is 6.54 Å². The lowest BCUT2D eigenvalue weighted by molar-refractivity contribution is -0.139. The second-order valence-electron chi connectivity index (χ2n) is 5.13. The fourth-order valence-corrected chi connectivity index (χ4v) is 2.46. The van der Waals surface area contributed by atoms with E-state index >= 15 is 0 Å². The van der Waals surface area contributed by atoms with Crippen molar-refractivity contribution in [3.63, 3.8) is 0 Å². The number of halogens is 3. The van der Waals surface area contributed by atoms with Gasteiger partial charge in [-0.1, -0.05) is 13.8 Å². The van der Waals surface area contributed by atoms with Gasteiger partial charge in [0.05, 0.1) is 0 Å². The van der Waals surface area contributed by atoms with Gasteiger partial charge < -0.3 is 5.32 Å². The van der Waals surface area contributed by atoms with E-state index < -0.39 is 18.0 Å². The molecular formula is C12H20F3NO. The van der Waals surface area contributed by atoms with Gasteiger partial charge in [0.2, 0.25) is 0 Å². The van der Waals surface area contributed by atoms with Crippen LogP contribution in [0.25, 0.3) is 0 Å². The number of alkyl halides is 3. The lowest BCUT2D eigenvalue weighted by Crippen LogP contribution is -2.38. The van der Waals surface area contributed by atoms with Gasteiger partial charge in [0.15, 0.2) is 0 Å². The van der Waals surface area contributed by atoms with E-state index in [1.54, 1.807) is 0 Å². The highest BCUT2D eigenvalue weighted by molar-refractivity contribution is 5.85. The average molecular weight is 251 g/mol. The highest BCUT2D eigenvalue weighted by Gasteiger charge is 2.43. The number of carbonyl (C=O) groups excluding carboxylic acids is 1. The first kappa shape index (κ1) is 14.5. The van der Waals surface area contributed by atoms with Crippen molar-refractivity contribution in [2.45, 2.75) is 45.7 Å². The number of rotatable bonds is 5. The zero-order valence-electron chi connectivity index (χ0n) is 10.4. The van der Waals surface area contributed by atoms with E-state index in [4.69, 9.17) is 0 Å². The maximum Gasteiger partial charge on any atom is 0.389 e. The highest BCUT2D eigenvalue weighted by Crippen LogP contribution is 2.37. The van der Waals surface area contributed by atoms with Gasteiger partial charge in [-0.15, -0.1) is 0 Å². The topological polar surface area (TPSA) is 29.1 Å². The van der Waals surface area contributed by atoms with Crippen LogP contribution < -0.4 is 5.32 Å². The second kappa shape index (κ2) is 5.38. The molecule has 1 fully saturated rings. The summed E-state index contributed by atoms with van der Waals surface area (Å²) in [4.78, 5) is 12.1. The van der Waals surface area contributed by atoms with Crippen molar-refractivity contribution in [1.82, 2.24) is 5.32 Å². The van der Waals surface area contributed by atoms with Gasteiger partial charge in [-0.25, -0.2) is 0 Å². The van der Waals surface area contributed by atoms with Gasteiger partial charge in [-0.05, 0) is 25.3 Å². The van der Waals surface area contributed by atoms with Crippen LogP contribution in [0.1, 0.15) is 39.5 Å². The lowest BCUT2D eigenvalue weighted by Gasteiger charge is -2.31. The molecule has 0 aromatic heterocycles. The Balaban J connectivity index is 2.50. The first-order valence-electron chi connectivity index (χ1n) is 6.09. The number of ketones is 1. The molecule has 0 radical (unpaired) electrons. The van der Waals surface area contributed by atoms with Crippen LogP contribution in [0, 0.1) is 11.3 Å². The summed E-state index contributed by atoms with van der Waals surface area (Å²) in [5.74, 6) is 0.164. The fourth-order valence-electron chi connectivity index (χ4n) is 2.46. The number of Topliss-reactive ketones (excluding diaryl/α,β-unsaturated/α-hetero) is 1. The predicted molar refractivity (Wildman–Crippen MR) is 59.7 cm³/mol. The smallest absolute Gasteiger partial charge is 0.316 e. The van der Waals surface area contributed by atoms with Crippen molar-refractivity contribution in [3.05, 3.63) is 0 Å². The summed E-state index contributed by atoms with van der Waals surface area (Å²) in [6, 6.07) is 0. The molecule has 0 amide bonds. The summed E-state index contributed by atoms with van der Waals surface area (Å²) < 4.78 is 36.0. The van der Waals surface area contributed by atoms with Crippen molar-refractivity contribution < 1.29 is 18.0 Å². The Labute approximate surface area is 100.0 Å². The standard InChI is InChI=1S/C12H20F3NO/c1-9(2)11(6-7-16-8-11)10(17)4-3-5-12(13,14)15/h9,16H,3-8H2,1-2H3. The molecule has 1 unspecified atom stereocenters. The summed E-state index contributed by atoms with van der Waals surface area (Å²) in [6.45, 7) is 5.32. The zero-order chi connectivity index (χ0) is 13.1. The monoisotopic (exact) mass is 251 g/mol. The molecule has 1 atom stereocenters. The minimum Gasteiger partial charge on any atom is -0.316 e. The van der Waals surface area contributed by atoms with Gasteiger partial charge in [0.1, 0.15) is 5.78 Å². The summed E-state index contributed by atoms with van der Waals surface area (Å²) >= 11 is 0. The Bertz CT molecular complexity index is 267. The Kier molecular flexibility index (Phi) is 4.58. The zero-order valence-corrected chi connectivity index (χ0v) is 10.4. The van der Waals surface area contributed by atoms with Gasteiger partial charge in [0, 0.05) is 24.8 Å². The van der Waals surface area contributed by atoms with Crippen molar-refractivity contribution in [1.29, 1.82) is 0 Å². The normalized spacial score (nSPS) is 25.5. The third-order valence-corrected chi connectivity index (χ3v) is 3.71. The Hall–Kier alpha value is -0.580. The third-order valence-electron chi connectivity index (χ3n) is 3.71. The minimum absolute atomic E-state index is 0.0123. The van der Waals surface area contributed by atoms with E-state index in [1.807, 2.05) is 13.8 Å². The Morgan fingerprint density at radius 1 is 1.41 bits per heavy atom. The molecule has 1 heterocycles. The van der Waals surface area contributed by atoms with E-state index in [-0.39, 0.29) is 24.5 Å². The molecule has 17 heavy (non-hydrogen) atoms. The van der Waals surface area contributed by atoms with Crippen LogP contribution in [-0.4, -0.2) is 25.0 Å². The predicted octanol–water partition coefficient (Wildman–Crippen LogP) is 2.92. The number of nitrogens with one attached hydrogen (secondary N) is 1. The van der Waals surface area contributed by atoms with Crippen molar-refractivity contribution >= 4 is 5.78 Å². The molecular weight excluding hydrogens is 231 g/mol. The van der Waals surface area contributed by atoms with E-state index in [1.165, 1.54) is 0 Å². The van der Waals surface area contributed by atoms with Crippen molar-refractivity contribution in [3.8, 4) is 0 Å². The van der Waals surface area contributed by atoms with E-state index in [0.717, 1.165) is 13.0 Å². The van der Waals surface area contributed by atoms with E-state index in [2.05, 4.69) is 5.32 Å². The second-order valence-corrected chi connectivity index (χ2v) is 5.13. The van der Waals surface area contributed by atoms with Crippen LogP contribution in [0.3, 0.4) is 0 Å². The summed E-state index contributed by atoms with van der Waals surface area (Å²) in [5.41, 5.74) is -0.439. The van der Waals surface area contributed by atoms with Crippen molar-refractivity contribution in [2.75, 3.05) is 13.1 Å². The molecule has 2 nitrogen and oxygen atoms in total. The fraction of sp³-hybridized carbons (Fsp3) is 0.917. The Morgan fingerprint density at radius 3 is 2.47 bits per heavy atom. The van der Waals surface area contributed by atoms with Crippen LogP contribution in [0.4, 0.5) is 13.2 Å². The summed E-state index contributed by atoms with van der Waals surface area (Å²) in [5, 5.41) is 3.14. The quantitative estimate of drug-likeness (QED) is 0.814. The molecule has 100 valence electrons. The van der Waals surface area contributed by atoms with Crippen LogP contribution in [0.5, 0.6) is 0 Å². The molecule has 0 aromatic carbocycles. The minimum atomic E-state index is -4.15. The lowest BCUT2D eigenvalue weighted by atomic mass is 9.72. The summed E-state index contributed by atoms with van der Waals surface area (Å²) in [6.07, 6.45) is -4.31. The molecule has 0 bridgehead atoms. The molecule has 1 aliphatic rings. The van der Waals surface area contributed by atoms with E-state index in [9.17, 15) is 18.0 Å². The van der Waals surface area contributed by atoms with Gasteiger partial charge in [-0.3, -0.25) is 4.79 Å². The first-order valence-corrected chi connectivity index (χ1v) is 6.09. The SMILES string of the molecule is CC(C)C1(C(=O)CCCC(F)(F)F)CCNC1. The number of carbonyl (C=O) groups is 1. The van der Waals surface area contributed by atoms with Crippen LogP contribution >= 0.6 is 0 Å². The molecule has 1 N–H and O–H groups in total. The molecule has 0 saturated carbocycles. The maximum atomic E-state index is 12.1. The summed E-state index contributed by atoms with van der Waals surface area (Å²) in [7, 11) is 0. The van der Waals surface area contributed by atoms with Gasteiger partial charge in [0.25, 0.3) is 0 Å². The molecule has 0 spiro atoms. The molecule has 1 aliphatic heterocycles. The number of hydrogen-bond acceptors (Lipinski definition) is 2. The molecule has 1 saturated heterocycles. The maximum absolute atomic E-state index is 12.1. The molecule has 1 rings (SSSR count). The van der Waals surface area contributed by atoms with Gasteiger partial charge in [-0.2, -0.15) is 13.2 Å².